The van der Waals surface area contributed by atoms with Gasteiger partial charge < -0.3 is 14.5 Å². The van der Waals surface area contributed by atoms with Gasteiger partial charge >= 0.3 is 0 Å². The lowest BCUT2D eigenvalue weighted by molar-refractivity contribution is 0.187. The predicted octanol–water partition coefficient (Wildman–Crippen LogP) is 5.02. The Morgan fingerprint density at radius 3 is 2.74 bits per heavy atom. The van der Waals surface area contributed by atoms with Crippen LogP contribution in [0, 0.1) is 0 Å². The standard InChI is InChI=1S/C23H22N4/c1-2-19(3-1)26-11-9-23-25-21-7-5-17(15-22(21)27(23)13-12-26)16-4-6-20-18(14-16)8-10-24-20/h4-8,10,12-15,19,24H,1-3,9,11H2. The van der Waals surface area contributed by atoms with Crippen LogP contribution in [0.2, 0.25) is 0 Å². The summed E-state index contributed by atoms with van der Waals surface area (Å²) in [4.78, 5) is 10.7. The van der Waals surface area contributed by atoms with Crippen LogP contribution in [0.25, 0.3) is 39.3 Å². The monoisotopic (exact) mass is 354 g/mol. The third-order valence-electron chi connectivity index (χ3n) is 6.19. The Balaban J connectivity index is 1.43. The van der Waals surface area contributed by atoms with Crippen LogP contribution in [0.15, 0.2) is 54.9 Å². The summed E-state index contributed by atoms with van der Waals surface area (Å²) in [6.07, 6.45) is 11.5. The smallest absolute Gasteiger partial charge is 0.115 e. The number of aromatic amines is 1. The van der Waals surface area contributed by atoms with Crippen LogP contribution in [0.4, 0.5) is 0 Å². The molecule has 0 saturated heterocycles. The van der Waals surface area contributed by atoms with E-state index in [1.165, 1.54) is 52.6 Å². The van der Waals surface area contributed by atoms with E-state index >= 15 is 0 Å². The van der Waals surface area contributed by atoms with Crippen molar-refractivity contribution < 1.29 is 0 Å². The quantitative estimate of drug-likeness (QED) is 0.548. The van der Waals surface area contributed by atoms with Gasteiger partial charge in [-0.1, -0.05) is 12.1 Å². The number of rotatable bonds is 2. The average molecular weight is 354 g/mol. The van der Waals surface area contributed by atoms with E-state index < -0.39 is 0 Å². The summed E-state index contributed by atoms with van der Waals surface area (Å²) < 4.78 is 2.28. The molecule has 27 heavy (non-hydrogen) atoms. The van der Waals surface area contributed by atoms with Crippen LogP contribution in [0.3, 0.4) is 0 Å². The first kappa shape index (κ1) is 15.1. The zero-order valence-corrected chi connectivity index (χ0v) is 15.2. The lowest BCUT2D eigenvalue weighted by Crippen LogP contribution is -2.37. The maximum atomic E-state index is 4.91. The highest BCUT2D eigenvalue weighted by molar-refractivity contribution is 5.88. The first-order valence-corrected chi connectivity index (χ1v) is 9.88. The second-order valence-corrected chi connectivity index (χ2v) is 7.75. The summed E-state index contributed by atoms with van der Waals surface area (Å²) in [5.41, 5.74) is 5.94. The van der Waals surface area contributed by atoms with Crippen molar-refractivity contribution in [1.29, 1.82) is 0 Å². The van der Waals surface area contributed by atoms with E-state index in [9.17, 15) is 0 Å². The first-order chi connectivity index (χ1) is 13.3. The van der Waals surface area contributed by atoms with Gasteiger partial charge in [0.2, 0.25) is 0 Å². The van der Waals surface area contributed by atoms with E-state index in [1.807, 2.05) is 6.20 Å². The van der Waals surface area contributed by atoms with Crippen LogP contribution in [0.1, 0.15) is 25.1 Å². The Morgan fingerprint density at radius 1 is 0.963 bits per heavy atom. The molecule has 0 amide bonds. The molecule has 4 heteroatoms. The summed E-state index contributed by atoms with van der Waals surface area (Å²) in [6, 6.07) is 16.1. The number of hydrogen-bond donors (Lipinski definition) is 1. The van der Waals surface area contributed by atoms with Crippen molar-refractivity contribution in [2.24, 2.45) is 0 Å². The summed E-state index contributed by atoms with van der Waals surface area (Å²) in [5, 5.41) is 1.25. The van der Waals surface area contributed by atoms with Crippen LogP contribution in [-0.4, -0.2) is 32.0 Å². The normalized spacial score (nSPS) is 17.3. The highest BCUT2D eigenvalue weighted by Crippen LogP contribution is 2.30. The van der Waals surface area contributed by atoms with Gasteiger partial charge in [-0.3, -0.25) is 0 Å². The molecule has 1 aliphatic heterocycles. The summed E-state index contributed by atoms with van der Waals surface area (Å²) in [6.45, 7) is 1.07. The van der Waals surface area contributed by atoms with Gasteiger partial charge in [-0.05, 0) is 66.1 Å². The fraction of sp³-hybridized carbons (Fsp3) is 0.261. The molecule has 2 aromatic heterocycles. The average Bonchev–Trinajstić information content (AvgIpc) is 3.20. The number of aromatic nitrogens is 3. The van der Waals surface area contributed by atoms with Gasteiger partial charge in [-0.25, -0.2) is 4.98 Å². The molecule has 0 bridgehead atoms. The van der Waals surface area contributed by atoms with E-state index in [0.717, 1.165) is 24.5 Å². The maximum absolute atomic E-state index is 4.91. The summed E-state index contributed by atoms with van der Waals surface area (Å²) in [5.74, 6) is 1.17. The van der Waals surface area contributed by atoms with E-state index in [1.54, 1.807) is 0 Å². The third kappa shape index (κ3) is 2.40. The Hall–Kier alpha value is -3.01. The Morgan fingerprint density at radius 2 is 1.85 bits per heavy atom. The molecule has 2 aromatic carbocycles. The maximum Gasteiger partial charge on any atom is 0.115 e. The van der Waals surface area contributed by atoms with Crippen molar-refractivity contribution in [3.8, 4) is 11.1 Å². The van der Waals surface area contributed by atoms with E-state index in [4.69, 9.17) is 4.98 Å². The second kappa shape index (κ2) is 5.74. The van der Waals surface area contributed by atoms with Crippen molar-refractivity contribution in [1.82, 2.24) is 19.4 Å². The zero-order chi connectivity index (χ0) is 17.8. The molecule has 134 valence electrons. The lowest BCUT2D eigenvalue weighted by atomic mass is 9.91. The molecule has 4 aromatic rings. The molecule has 3 heterocycles. The molecule has 0 unspecified atom stereocenters. The van der Waals surface area contributed by atoms with Gasteiger partial charge in [-0.2, -0.15) is 0 Å². The first-order valence-electron chi connectivity index (χ1n) is 9.88. The SMILES string of the molecule is C1=Cn2c(nc3ccc(-c4ccc5[nH]ccc5c4)cc32)CCN1C1CCC1. The third-order valence-corrected chi connectivity index (χ3v) is 6.19. The fourth-order valence-electron chi connectivity index (χ4n) is 4.38. The molecule has 4 nitrogen and oxygen atoms in total. The van der Waals surface area contributed by atoms with Crippen molar-refractivity contribution >= 4 is 28.1 Å². The zero-order valence-electron chi connectivity index (χ0n) is 15.2. The largest absolute Gasteiger partial charge is 0.373 e. The predicted molar refractivity (Wildman–Crippen MR) is 110 cm³/mol. The highest BCUT2D eigenvalue weighted by atomic mass is 15.2. The molecule has 0 spiro atoms. The minimum atomic E-state index is 0.737. The number of nitrogens with zero attached hydrogens (tertiary/aromatic N) is 3. The van der Waals surface area contributed by atoms with E-state index in [-0.39, 0.29) is 0 Å². The second-order valence-electron chi connectivity index (χ2n) is 7.75. The number of hydrogen-bond acceptors (Lipinski definition) is 2. The topological polar surface area (TPSA) is 36.9 Å². The minimum absolute atomic E-state index is 0.737. The number of imidazole rings is 1. The molecule has 1 saturated carbocycles. The minimum Gasteiger partial charge on any atom is -0.373 e. The number of H-pyrrole nitrogens is 1. The Kier molecular flexibility index (Phi) is 3.21. The van der Waals surface area contributed by atoms with Crippen LogP contribution in [-0.2, 0) is 6.42 Å². The van der Waals surface area contributed by atoms with Crippen LogP contribution in [0.5, 0.6) is 0 Å². The van der Waals surface area contributed by atoms with Crippen molar-refractivity contribution in [2.75, 3.05) is 6.54 Å². The molecule has 1 fully saturated rings. The van der Waals surface area contributed by atoms with Gasteiger partial charge in [0.05, 0.1) is 11.0 Å². The van der Waals surface area contributed by atoms with Gasteiger partial charge in [0.25, 0.3) is 0 Å². The van der Waals surface area contributed by atoms with E-state index in [0.29, 0.717) is 0 Å². The van der Waals surface area contributed by atoms with Crippen molar-refractivity contribution in [3.05, 3.63) is 60.7 Å². The molecular weight excluding hydrogens is 332 g/mol. The van der Waals surface area contributed by atoms with Gasteiger partial charge in [0, 0.05) is 43.1 Å². The van der Waals surface area contributed by atoms with Gasteiger partial charge in [0.15, 0.2) is 0 Å². The number of fused-ring (bicyclic) bond motifs is 4. The van der Waals surface area contributed by atoms with Crippen molar-refractivity contribution in [2.45, 2.75) is 31.7 Å². The Labute approximate surface area is 158 Å². The van der Waals surface area contributed by atoms with Crippen molar-refractivity contribution in [3.63, 3.8) is 0 Å². The molecule has 6 rings (SSSR count). The number of nitrogens with one attached hydrogen (secondary N) is 1. The summed E-state index contributed by atoms with van der Waals surface area (Å²) >= 11 is 0. The summed E-state index contributed by atoms with van der Waals surface area (Å²) in [7, 11) is 0. The molecular formula is C23H22N4. The lowest BCUT2D eigenvalue weighted by Gasteiger charge is -2.36. The molecule has 1 N–H and O–H groups in total. The molecule has 1 aliphatic carbocycles. The van der Waals surface area contributed by atoms with Gasteiger partial charge in [0.1, 0.15) is 5.82 Å². The number of benzene rings is 2. The Bertz CT molecular complexity index is 1180. The molecule has 0 atom stereocenters. The van der Waals surface area contributed by atoms with Gasteiger partial charge in [-0.15, -0.1) is 0 Å². The highest BCUT2D eigenvalue weighted by Gasteiger charge is 2.24. The van der Waals surface area contributed by atoms with Crippen LogP contribution >= 0.6 is 0 Å². The molecule has 0 radical (unpaired) electrons. The van der Waals surface area contributed by atoms with Crippen LogP contribution < -0.4 is 0 Å². The fourth-order valence-corrected chi connectivity index (χ4v) is 4.38. The van der Waals surface area contributed by atoms with E-state index in [2.05, 4.69) is 69.3 Å². The molecule has 2 aliphatic rings.